The number of ether oxygens (including phenoxy) is 1. The summed E-state index contributed by atoms with van der Waals surface area (Å²) in [5, 5.41) is 16.2. The van der Waals surface area contributed by atoms with Crippen LogP contribution in [-0.2, 0) is 9.59 Å². The van der Waals surface area contributed by atoms with Gasteiger partial charge in [0.2, 0.25) is 0 Å². The largest absolute Gasteiger partial charge is 0.490 e. The lowest BCUT2D eigenvalue weighted by Gasteiger charge is -2.37. The molecule has 1 aromatic rings. The van der Waals surface area contributed by atoms with Crippen LogP contribution >= 0.6 is 0 Å². The number of rotatable bonds is 4. The highest BCUT2D eigenvalue weighted by molar-refractivity contribution is 6.06. The van der Waals surface area contributed by atoms with Gasteiger partial charge in [-0.25, -0.2) is 0 Å². The number of benzene rings is 1. The molecule has 1 heterocycles. The zero-order valence-electron chi connectivity index (χ0n) is 14.5. The Hall–Kier alpha value is -3.03. The second-order valence-corrected chi connectivity index (χ2v) is 7.58. The Kier molecular flexibility index (Phi) is 3.28. The Balaban J connectivity index is 1.42. The molecule has 4 aliphatic carbocycles. The number of methoxy groups -OCH3 is 1. The Labute approximate surface area is 154 Å². The fourth-order valence-corrected chi connectivity index (χ4v) is 5.11. The van der Waals surface area contributed by atoms with Crippen LogP contribution in [0.15, 0.2) is 35.5 Å². The van der Waals surface area contributed by atoms with E-state index in [-0.39, 0.29) is 46.9 Å². The number of hydrazone groups is 1. The number of amides is 2. The Morgan fingerprint density at radius 3 is 2.37 bits per heavy atom. The third-order valence-corrected chi connectivity index (χ3v) is 6.36. The van der Waals surface area contributed by atoms with Crippen LogP contribution in [0.3, 0.4) is 0 Å². The van der Waals surface area contributed by atoms with Gasteiger partial charge in [0.25, 0.3) is 11.8 Å². The molecule has 8 heteroatoms. The van der Waals surface area contributed by atoms with Crippen LogP contribution < -0.4 is 4.74 Å². The zero-order chi connectivity index (χ0) is 18.9. The number of nitrogens with zero attached hydrogens (tertiary/aromatic N) is 3. The lowest BCUT2D eigenvalue weighted by molar-refractivity contribution is -0.385. The predicted octanol–water partition coefficient (Wildman–Crippen LogP) is 1.99. The van der Waals surface area contributed by atoms with E-state index in [0.29, 0.717) is 17.4 Å². The Morgan fingerprint density at radius 2 is 1.81 bits per heavy atom. The lowest BCUT2D eigenvalue weighted by atomic mass is 9.63. The summed E-state index contributed by atoms with van der Waals surface area (Å²) in [5.74, 6) is 0.364. The van der Waals surface area contributed by atoms with E-state index in [1.165, 1.54) is 25.5 Å². The van der Waals surface area contributed by atoms with Crippen molar-refractivity contribution in [1.29, 1.82) is 0 Å². The molecule has 0 aromatic heterocycles. The van der Waals surface area contributed by atoms with E-state index in [4.69, 9.17) is 4.74 Å². The van der Waals surface area contributed by atoms with Crippen LogP contribution in [0.4, 0.5) is 5.69 Å². The van der Waals surface area contributed by atoms with Crippen molar-refractivity contribution in [2.24, 2.45) is 40.6 Å². The van der Waals surface area contributed by atoms with Crippen LogP contribution in [-0.4, -0.2) is 35.1 Å². The van der Waals surface area contributed by atoms with Crippen LogP contribution in [0.5, 0.6) is 5.75 Å². The van der Waals surface area contributed by atoms with Gasteiger partial charge in [-0.3, -0.25) is 19.7 Å². The second kappa shape index (κ2) is 5.48. The Morgan fingerprint density at radius 1 is 1.19 bits per heavy atom. The van der Waals surface area contributed by atoms with Crippen LogP contribution in [0.2, 0.25) is 0 Å². The number of nitro benzene ring substituents is 1. The number of allylic oxidation sites excluding steroid dienone is 2. The predicted molar refractivity (Wildman–Crippen MR) is 93.8 cm³/mol. The fourth-order valence-electron chi connectivity index (χ4n) is 5.11. The molecule has 27 heavy (non-hydrogen) atoms. The number of hydrogen-bond donors (Lipinski definition) is 0. The lowest BCUT2D eigenvalue weighted by Crippen LogP contribution is -2.40. The molecule has 0 N–H and O–H groups in total. The molecule has 2 saturated carbocycles. The minimum absolute atomic E-state index is 0.137. The number of imide groups is 1. The van der Waals surface area contributed by atoms with Crippen molar-refractivity contribution < 1.29 is 19.2 Å². The first-order valence-corrected chi connectivity index (χ1v) is 8.94. The summed E-state index contributed by atoms with van der Waals surface area (Å²) >= 11 is 0. The summed E-state index contributed by atoms with van der Waals surface area (Å²) in [5.41, 5.74) is 0.221. The minimum Gasteiger partial charge on any atom is -0.490 e. The van der Waals surface area contributed by atoms with Gasteiger partial charge in [0.1, 0.15) is 0 Å². The third-order valence-electron chi connectivity index (χ3n) is 6.36. The van der Waals surface area contributed by atoms with E-state index in [1.807, 2.05) is 0 Å². The molecule has 6 rings (SSSR count). The van der Waals surface area contributed by atoms with Crippen molar-refractivity contribution in [2.75, 3.05) is 7.11 Å². The standard InChI is InChI=1S/C19H17N3O5/c1-27-15-5-2-9(6-14(15)22(25)26)8-20-21-18(23)16-10-3-4-11(13-7-12(10)13)17(16)19(21)24/h2-6,8,10-13,16-17H,7H2,1H3/b20-8-/t10-,11+,12-,13-,16+,17-/m1/s1. The van der Waals surface area contributed by atoms with E-state index in [1.54, 1.807) is 6.07 Å². The second-order valence-electron chi connectivity index (χ2n) is 7.58. The molecule has 138 valence electrons. The summed E-state index contributed by atoms with van der Waals surface area (Å²) < 4.78 is 4.97. The van der Waals surface area contributed by atoms with Gasteiger partial charge in [-0.2, -0.15) is 10.1 Å². The van der Waals surface area contributed by atoms with E-state index < -0.39 is 4.92 Å². The maximum absolute atomic E-state index is 12.8. The average molecular weight is 367 g/mol. The van der Waals surface area contributed by atoms with Crippen LogP contribution in [0.1, 0.15) is 12.0 Å². The molecule has 0 unspecified atom stereocenters. The Bertz CT molecular complexity index is 903. The molecule has 1 aromatic carbocycles. The first-order chi connectivity index (χ1) is 13.0. The van der Waals surface area contributed by atoms with Gasteiger partial charge in [-0.1, -0.05) is 12.2 Å². The minimum atomic E-state index is -0.549. The maximum atomic E-state index is 12.8. The van der Waals surface area contributed by atoms with Crippen molar-refractivity contribution in [3.8, 4) is 5.75 Å². The summed E-state index contributed by atoms with van der Waals surface area (Å²) in [6.45, 7) is 0. The molecular weight excluding hydrogens is 350 g/mol. The maximum Gasteiger partial charge on any atom is 0.311 e. The van der Waals surface area contributed by atoms with E-state index in [0.717, 1.165) is 11.4 Å². The summed E-state index contributed by atoms with van der Waals surface area (Å²) in [6.07, 6.45) is 6.63. The van der Waals surface area contributed by atoms with E-state index in [9.17, 15) is 19.7 Å². The molecule has 1 saturated heterocycles. The highest BCUT2D eigenvalue weighted by Crippen LogP contribution is 2.65. The van der Waals surface area contributed by atoms with Crippen molar-refractivity contribution in [2.45, 2.75) is 6.42 Å². The van der Waals surface area contributed by atoms with Gasteiger partial charge in [0, 0.05) is 11.6 Å². The van der Waals surface area contributed by atoms with Crippen LogP contribution in [0, 0.1) is 45.6 Å². The van der Waals surface area contributed by atoms with Crippen LogP contribution in [0.25, 0.3) is 0 Å². The number of hydrogen-bond acceptors (Lipinski definition) is 6. The SMILES string of the molecule is COc1ccc(/C=N\N2C(=O)[C@@H]3[C@H]4C=C[C@H]([C@H]5C[C@H]45)[C@@H]3C2=O)cc1[N+](=O)[O-]. The molecule has 3 fully saturated rings. The first kappa shape index (κ1) is 16.2. The number of carbonyl (C=O) groups is 2. The molecule has 6 atom stereocenters. The van der Waals surface area contributed by atoms with E-state index in [2.05, 4.69) is 17.3 Å². The van der Waals surface area contributed by atoms with Gasteiger partial charge in [-0.05, 0) is 42.2 Å². The molecule has 1 aliphatic heterocycles. The number of nitro groups is 1. The average Bonchev–Trinajstić information content (AvgIpc) is 3.45. The van der Waals surface area contributed by atoms with Crippen molar-refractivity contribution in [3.63, 3.8) is 0 Å². The van der Waals surface area contributed by atoms with Crippen molar-refractivity contribution in [3.05, 3.63) is 46.0 Å². The first-order valence-electron chi connectivity index (χ1n) is 8.94. The highest BCUT2D eigenvalue weighted by atomic mass is 16.6. The van der Waals surface area contributed by atoms with Crippen molar-refractivity contribution >= 4 is 23.7 Å². The van der Waals surface area contributed by atoms with E-state index >= 15 is 0 Å². The zero-order valence-corrected chi connectivity index (χ0v) is 14.5. The third kappa shape index (κ3) is 2.19. The molecular formula is C19H17N3O5. The van der Waals surface area contributed by atoms with Gasteiger partial charge in [-0.15, -0.1) is 0 Å². The quantitative estimate of drug-likeness (QED) is 0.266. The van der Waals surface area contributed by atoms with Gasteiger partial charge in [0.05, 0.1) is 30.1 Å². The molecule has 5 aliphatic rings. The number of carbonyl (C=O) groups excluding carboxylic acids is 2. The molecule has 0 radical (unpaired) electrons. The van der Waals surface area contributed by atoms with Crippen molar-refractivity contribution in [1.82, 2.24) is 5.01 Å². The summed E-state index contributed by atoms with van der Waals surface area (Å²) in [4.78, 5) is 36.2. The topological polar surface area (TPSA) is 102 Å². The summed E-state index contributed by atoms with van der Waals surface area (Å²) in [6, 6.07) is 4.36. The monoisotopic (exact) mass is 367 g/mol. The fraction of sp³-hybridized carbons (Fsp3) is 0.421. The normalized spacial score (nSPS) is 35.5. The smallest absolute Gasteiger partial charge is 0.311 e. The van der Waals surface area contributed by atoms with Gasteiger partial charge in [0.15, 0.2) is 5.75 Å². The molecule has 2 amide bonds. The molecule has 0 spiro atoms. The molecule has 8 nitrogen and oxygen atoms in total. The molecule has 2 bridgehead atoms. The summed E-state index contributed by atoms with van der Waals surface area (Å²) in [7, 11) is 1.35. The van der Waals surface area contributed by atoms with Gasteiger partial charge >= 0.3 is 5.69 Å². The highest BCUT2D eigenvalue weighted by Gasteiger charge is 2.67. The van der Waals surface area contributed by atoms with Gasteiger partial charge < -0.3 is 4.74 Å².